The first-order chi connectivity index (χ1) is 5.63. The number of phenolic OH excluding ortho intramolecular Hbond substituents is 1. The molecule has 1 aromatic carbocycles. The fourth-order valence-corrected chi connectivity index (χ4v) is 2.42. The van der Waals surface area contributed by atoms with Crippen molar-refractivity contribution < 1.29 is 10.2 Å². The van der Waals surface area contributed by atoms with Crippen molar-refractivity contribution in [3.8, 4) is 5.75 Å². The molecule has 0 saturated heterocycles. The third kappa shape index (κ3) is 2.15. The molecule has 0 bridgehead atoms. The van der Waals surface area contributed by atoms with Gasteiger partial charge in [0.05, 0.1) is 0 Å². The average Bonchev–Trinajstić information content (AvgIpc) is 2.04. The van der Waals surface area contributed by atoms with Crippen LogP contribution in [0.3, 0.4) is 0 Å². The van der Waals surface area contributed by atoms with Gasteiger partial charge in [-0.15, -0.1) is 0 Å². The van der Waals surface area contributed by atoms with E-state index in [1.54, 1.807) is 18.2 Å². The Balaban J connectivity index is 3.40. The van der Waals surface area contributed by atoms with Crippen LogP contribution in [0.5, 0.6) is 5.75 Å². The second-order valence-corrected chi connectivity index (χ2v) is 8.41. The zero-order valence-corrected chi connectivity index (χ0v) is 9.27. The van der Waals surface area contributed by atoms with Crippen LogP contribution in [0.15, 0.2) is 24.3 Å². The van der Waals surface area contributed by atoms with Gasteiger partial charge in [0, 0.05) is 0 Å². The van der Waals surface area contributed by atoms with Crippen molar-refractivity contribution in [3.63, 3.8) is 0 Å². The van der Waals surface area contributed by atoms with Gasteiger partial charge < -0.3 is 0 Å². The molecule has 0 aliphatic carbocycles. The maximum absolute atomic E-state index is 9.38. The Labute approximate surface area is 81.6 Å². The number of rotatable bonds is 1. The molecule has 0 aliphatic rings. The number of aromatic hydroxyl groups is 1. The number of hydrogen-bond acceptors (Lipinski definition) is 4. The molecular weight excluding hydrogens is 259 g/mol. The first kappa shape index (κ1) is 9.89. The van der Waals surface area contributed by atoms with Gasteiger partial charge in [-0.3, -0.25) is 0 Å². The van der Waals surface area contributed by atoms with Gasteiger partial charge in [-0.1, -0.05) is 0 Å². The van der Waals surface area contributed by atoms with Crippen LogP contribution >= 0.6 is 21.1 Å². The topological polar surface area (TPSA) is 40.5 Å². The van der Waals surface area contributed by atoms with Crippen LogP contribution in [-0.2, 0) is 0 Å². The summed E-state index contributed by atoms with van der Waals surface area (Å²) in [6.07, 6.45) is 0. The Bertz CT molecular complexity index is 415. The van der Waals surface area contributed by atoms with E-state index in [-0.39, 0.29) is 10.4 Å². The molecule has 12 heavy (non-hydrogen) atoms. The molecule has 0 aliphatic heterocycles. The summed E-state index contributed by atoms with van der Waals surface area (Å²) in [6.45, 7) is 0. The summed E-state index contributed by atoms with van der Waals surface area (Å²) < 4.78 is -0.0156. The normalized spacial score (nSPS) is 9.42. The Morgan fingerprint density at radius 2 is 1.83 bits per heavy atom. The molecule has 2 nitrogen and oxygen atoms in total. The predicted molar refractivity (Wildman–Crippen MR) is 55.1 cm³/mol. The summed E-state index contributed by atoms with van der Waals surface area (Å²) in [5, 5.41) is 18.7. The second-order valence-electron chi connectivity index (χ2n) is 2.06. The minimum absolute atomic E-state index is 0.0156. The third-order valence-electron chi connectivity index (χ3n) is 1.29. The quantitative estimate of drug-likeness (QED) is 0.758. The van der Waals surface area contributed by atoms with E-state index in [4.69, 9.17) is 21.1 Å². The molecular formula is C7H6O2S2Se. The minimum atomic E-state index is -1.92. The Kier molecular flexibility index (Phi) is 3.43. The summed E-state index contributed by atoms with van der Waals surface area (Å²) in [6, 6.07) is 6.48. The molecule has 0 heterocycles. The van der Waals surface area contributed by atoms with Crippen molar-refractivity contribution in [2.75, 3.05) is 0 Å². The summed E-state index contributed by atoms with van der Waals surface area (Å²) in [4.78, 5) is 0. The van der Waals surface area contributed by atoms with Gasteiger partial charge in [-0.25, -0.2) is 0 Å². The van der Waals surface area contributed by atoms with Crippen LogP contribution in [0.1, 0.15) is 5.56 Å². The van der Waals surface area contributed by atoms with E-state index in [1.807, 2.05) is 0 Å². The van der Waals surface area contributed by atoms with E-state index in [9.17, 15) is 10.2 Å². The van der Waals surface area contributed by atoms with Crippen LogP contribution in [0, 0.1) is 0 Å². The van der Waals surface area contributed by atoms with E-state index in [2.05, 4.69) is 0 Å². The summed E-state index contributed by atoms with van der Waals surface area (Å²) in [7, 11) is 7.65. The number of aliphatic hydroxyl groups excluding tert-OH is 1. The number of aliphatic hydroxyl groups is 1. The maximum atomic E-state index is 9.38. The van der Waals surface area contributed by atoms with Gasteiger partial charge in [-0.2, -0.15) is 0 Å². The van der Waals surface area contributed by atoms with Gasteiger partial charge >= 0.3 is 81.7 Å². The van der Waals surface area contributed by atoms with Crippen molar-refractivity contribution in [3.05, 3.63) is 29.8 Å². The van der Waals surface area contributed by atoms with Crippen LogP contribution in [0.2, 0.25) is 0 Å². The molecule has 0 unspecified atom stereocenters. The van der Waals surface area contributed by atoms with E-state index >= 15 is 0 Å². The summed E-state index contributed by atoms with van der Waals surface area (Å²) in [5.41, 5.74) is 0.368. The SMILES string of the molecule is OC(c1ccccc1O)=[Se](=S)=S. The Hall–Kier alpha value is -0.191. The van der Waals surface area contributed by atoms with Gasteiger partial charge in [0.15, 0.2) is 0 Å². The monoisotopic (exact) mass is 266 g/mol. The molecule has 0 fully saturated rings. The molecule has 1 aromatic rings. The average molecular weight is 265 g/mol. The predicted octanol–water partition coefficient (Wildman–Crippen LogP) is 1.71. The van der Waals surface area contributed by atoms with Crippen molar-refractivity contribution in [1.82, 2.24) is 0 Å². The van der Waals surface area contributed by atoms with E-state index in [0.29, 0.717) is 5.56 Å². The Morgan fingerprint density at radius 3 is 2.33 bits per heavy atom. The van der Waals surface area contributed by atoms with E-state index < -0.39 is 10.2 Å². The van der Waals surface area contributed by atoms with Crippen molar-refractivity contribution >= 4 is 35.9 Å². The zero-order valence-electron chi connectivity index (χ0n) is 5.93. The Morgan fingerprint density at radius 1 is 1.25 bits per heavy atom. The van der Waals surface area contributed by atoms with Crippen LogP contribution in [0.25, 0.3) is 0 Å². The molecule has 5 heteroatoms. The fraction of sp³-hybridized carbons (Fsp3) is 0. The van der Waals surface area contributed by atoms with E-state index in [0.717, 1.165) is 0 Å². The molecule has 0 amide bonds. The number of para-hydroxylation sites is 1. The van der Waals surface area contributed by atoms with Crippen LogP contribution in [-0.4, -0.2) is 25.0 Å². The molecule has 2 N–H and O–H groups in total. The number of hydrogen-bond donors (Lipinski definition) is 2. The van der Waals surface area contributed by atoms with Gasteiger partial charge in [0.25, 0.3) is 0 Å². The molecule has 0 spiro atoms. The first-order valence-electron chi connectivity index (χ1n) is 3.06. The molecule has 1 rings (SSSR count). The second kappa shape index (κ2) is 4.16. The summed E-state index contributed by atoms with van der Waals surface area (Å²) in [5.74, 6) is 0.0263. The van der Waals surface area contributed by atoms with Crippen molar-refractivity contribution in [2.45, 2.75) is 0 Å². The van der Waals surface area contributed by atoms with Gasteiger partial charge in [-0.05, 0) is 0 Å². The van der Waals surface area contributed by atoms with Crippen LogP contribution in [0.4, 0.5) is 0 Å². The van der Waals surface area contributed by atoms with Crippen molar-refractivity contribution in [2.24, 2.45) is 0 Å². The van der Waals surface area contributed by atoms with E-state index in [1.165, 1.54) is 6.07 Å². The van der Waals surface area contributed by atoms with Gasteiger partial charge in [0.1, 0.15) is 0 Å². The summed E-state index contributed by atoms with van der Waals surface area (Å²) >= 11 is 0. The molecule has 0 radical (unpaired) electrons. The zero-order chi connectivity index (χ0) is 9.14. The molecule has 0 atom stereocenters. The third-order valence-corrected chi connectivity index (χ3v) is 4.06. The van der Waals surface area contributed by atoms with Crippen LogP contribution < -0.4 is 0 Å². The van der Waals surface area contributed by atoms with Gasteiger partial charge in [0.2, 0.25) is 0 Å². The standard InChI is InChI=1S/C7H6O2S2Se/c8-6-4-2-1-3-5(6)7(9)12(10)11/h1-4,8-9H. The number of benzene rings is 1. The first-order valence-corrected chi connectivity index (χ1v) is 8.78. The molecule has 64 valence electrons. The molecule has 0 aromatic heterocycles. The number of phenols is 1. The van der Waals surface area contributed by atoms with Crippen molar-refractivity contribution in [1.29, 1.82) is 0 Å². The molecule has 0 saturated carbocycles. The fourth-order valence-electron chi connectivity index (χ4n) is 0.744.